The van der Waals surface area contributed by atoms with Gasteiger partial charge in [0, 0.05) is 23.7 Å². The lowest BCUT2D eigenvalue weighted by Gasteiger charge is -2.25. The zero-order chi connectivity index (χ0) is 22.2. The summed E-state index contributed by atoms with van der Waals surface area (Å²) in [5.41, 5.74) is 3.27. The second-order valence-electron chi connectivity index (χ2n) is 6.84. The Labute approximate surface area is 191 Å². The van der Waals surface area contributed by atoms with Crippen molar-refractivity contribution in [2.45, 2.75) is 12.5 Å². The molecular formula is C24H21ClN2O3S. The molecule has 0 radical (unpaired) electrons. The topological polar surface area (TPSA) is 62.6 Å². The number of hydrogen-bond donors (Lipinski definition) is 1. The summed E-state index contributed by atoms with van der Waals surface area (Å²) in [6.07, 6.45) is 2.75. The molecule has 158 valence electrons. The van der Waals surface area contributed by atoms with Gasteiger partial charge in [0.2, 0.25) is 0 Å². The Bertz CT molecular complexity index is 1080. The lowest BCUT2D eigenvalue weighted by molar-refractivity contribution is -0.131. The minimum atomic E-state index is -0.619. The quantitative estimate of drug-likeness (QED) is 0.288. The van der Waals surface area contributed by atoms with Crippen LogP contribution in [0.5, 0.6) is 0 Å². The van der Waals surface area contributed by atoms with Gasteiger partial charge >= 0.3 is 0 Å². The molecule has 0 aliphatic heterocycles. The number of hydrogen-bond acceptors (Lipinski definition) is 4. The molecule has 0 bridgehead atoms. The van der Waals surface area contributed by atoms with Crippen LogP contribution in [0.2, 0.25) is 5.02 Å². The zero-order valence-electron chi connectivity index (χ0n) is 16.8. The largest absolute Gasteiger partial charge is 0.457 e. The van der Waals surface area contributed by atoms with E-state index in [4.69, 9.17) is 28.2 Å². The van der Waals surface area contributed by atoms with Crippen molar-refractivity contribution in [3.63, 3.8) is 0 Å². The van der Waals surface area contributed by atoms with Gasteiger partial charge in [0.05, 0.1) is 11.5 Å². The first-order chi connectivity index (χ1) is 15.0. The normalized spacial score (nSPS) is 12.1. The Hall–Kier alpha value is -3.22. The van der Waals surface area contributed by atoms with Crippen molar-refractivity contribution in [1.29, 1.82) is 0 Å². The van der Waals surface area contributed by atoms with Gasteiger partial charge in [0.25, 0.3) is 5.91 Å². The summed E-state index contributed by atoms with van der Waals surface area (Å²) in [6, 6.07) is 19.7. The van der Waals surface area contributed by atoms with Crippen LogP contribution in [0.3, 0.4) is 0 Å². The fraction of sp³-hybridized carbons (Fsp3) is 0.125. The third kappa shape index (κ3) is 5.90. The van der Waals surface area contributed by atoms with Gasteiger partial charge in [-0.3, -0.25) is 4.79 Å². The molecule has 1 unspecified atom stereocenters. The van der Waals surface area contributed by atoms with Crippen LogP contribution < -0.4 is 5.32 Å². The first-order valence-corrected chi connectivity index (χ1v) is 10.4. The van der Waals surface area contributed by atoms with E-state index in [1.807, 2.05) is 48.5 Å². The highest BCUT2D eigenvalue weighted by atomic mass is 35.5. The molecule has 31 heavy (non-hydrogen) atoms. The molecule has 0 spiro atoms. The van der Waals surface area contributed by atoms with E-state index in [1.54, 1.807) is 31.3 Å². The van der Waals surface area contributed by atoms with Gasteiger partial charge in [-0.1, -0.05) is 54.2 Å². The molecule has 2 aromatic carbocycles. The average molecular weight is 453 g/mol. The number of thiocarbonyl (C=S) groups is 1. The van der Waals surface area contributed by atoms with Crippen LogP contribution in [0, 0.1) is 0 Å². The minimum absolute atomic E-state index is 0.203. The number of nitrogens with zero attached hydrogens (tertiary/aromatic N) is 1. The SMILES string of the molecule is CN(C(=O)/C(=C\c1ccc(-c2ccc(Cl)cc2)o1)NC=S)C(C=O)Cc1ccccc1. The summed E-state index contributed by atoms with van der Waals surface area (Å²) < 4.78 is 5.85. The second-order valence-corrected chi connectivity index (χ2v) is 7.51. The second kappa shape index (κ2) is 10.7. The molecule has 1 N–H and O–H groups in total. The Balaban J connectivity index is 1.80. The fourth-order valence-corrected chi connectivity index (χ4v) is 3.30. The molecule has 0 fully saturated rings. The van der Waals surface area contributed by atoms with Crippen molar-refractivity contribution in [2.75, 3.05) is 7.05 Å². The van der Waals surface area contributed by atoms with Crippen molar-refractivity contribution >= 4 is 47.6 Å². The zero-order valence-corrected chi connectivity index (χ0v) is 18.4. The summed E-state index contributed by atoms with van der Waals surface area (Å²) in [6.45, 7) is 0. The molecule has 1 atom stereocenters. The highest BCUT2D eigenvalue weighted by Gasteiger charge is 2.23. The molecule has 5 nitrogen and oxygen atoms in total. The predicted octanol–water partition coefficient (Wildman–Crippen LogP) is 4.76. The first kappa shape index (κ1) is 22.5. The van der Waals surface area contributed by atoms with Gasteiger partial charge in [-0.25, -0.2) is 0 Å². The summed E-state index contributed by atoms with van der Waals surface area (Å²) >= 11 is 10.8. The van der Waals surface area contributed by atoms with E-state index in [-0.39, 0.29) is 11.6 Å². The molecule has 1 heterocycles. The van der Waals surface area contributed by atoms with Gasteiger partial charge in [0.1, 0.15) is 23.5 Å². The van der Waals surface area contributed by atoms with E-state index in [0.29, 0.717) is 23.0 Å². The molecule has 0 aliphatic carbocycles. The smallest absolute Gasteiger partial charge is 0.270 e. The van der Waals surface area contributed by atoms with Gasteiger partial charge in [-0.05, 0) is 48.4 Å². The highest BCUT2D eigenvalue weighted by molar-refractivity contribution is 7.78. The molecule has 1 aromatic heterocycles. The Morgan fingerprint density at radius 2 is 1.84 bits per heavy atom. The van der Waals surface area contributed by atoms with E-state index < -0.39 is 6.04 Å². The highest BCUT2D eigenvalue weighted by Crippen LogP contribution is 2.25. The monoisotopic (exact) mass is 452 g/mol. The number of rotatable bonds is 9. The lowest BCUT2D eigenvalue weighted by atomic mass is 10.1. The molecule has 1 amide bonds. The molecule has 0 saturated heterocycles. The number of aldehydes is 1. The fourth-order valence-electron chi connectivity index (χ4n) is 3.04. The van der Waals surface area contributed by atoms with Crippen LogP contribution in [-0.2, 0) is 16.0 Å². The molecule has 0 aliphatic rings. The van der Waals surface area contributed by atoms with Crippen molar-refractivity contribution < 1.29 is 14.0 Å². The number of likely N-dealkylation sites (N-methyl/N-ethyl adjacent to an activating group) is 1. The van der Waals surface area contributed by atoms with Crippen LogP contribution in [0.4, 0.5) is 0 Å². The summed E-state index contributed by atoms with van der Waals surface area (Å²) in [7, 11) is 1.59. The average Bonchev–Trinajstić information content (AvgIpc) is 3.26. The van der Waals surface area contributed by atoms with Crippen molar-refractivity contribution in [3.8, 4) is 11.3 Å². The van der Waals surface area contributed by atoms with E-state index in [1.165, 1.54) is 10.4 Å². The van der Waals surface area contributed by atoms with Crippen molar-refractivity contribution in [3.05, 3.63) is 88.8 Å². The summed E-state index contributed by atoms with van der Waals surface area (Å²) in [5.74, 6) is 0.732. The molecule has 3 aromatic rings. The van der Waals surface area contributed by atoms with E-state index in [2.05, 4.69) is 5.32 Å². The van der Waals surface area contributed by atoms with Crippen LogP contribution in [-0.4, -0.2) is 35.7 Å². The van der Waals surface area contributed by atoms with E-state index in [0.717, 1.165) is 17.4 Å². The maximum absolute atomic E-state index is 13.1. The van der Waals surface area contributed by atoms with E-state index >= 15 is 0 Å². The number of halogens is 1. The Morgan fingerprint density at radius 1 is 1.13 bits per heavy atom. The van der Waals surface area contributed by atoms with Crippen LogP contribution in [0.15, 0.2) is 76.8 Å². The minimum Gasteiger partial charge on any atom is -0.457 e. The standard InChI is InChI=1S/C24H21ClN2O3S/c1-27(20(15-28)13-17-5-3-2-4-6-17)24(29)22(26-16-31)14-21-11-12-23(30-21)18-7-9-19(25)10-8-18/h2-12,14-16,20H,13H2,1H3,(H,26,31)/b22-14+. The number of furan rings is 1. The molecule has 0 saturated carbocycles. The van der Waals surface area contributed by atoms with Crippen LogP contribution >= 0.6 is 23.8 Å². The van der Waals surface area contributed by atoms with Crippen molar-refractivity contribution in [1.82, 2.24) is 10.2 Å². The van der Waals surface area contributed by atoms with Gasteiger partial charge in [-0.15, -0.1) is 0 Å². The number of nitrogens with one attached hydrogen (secondary N) is 1. The van der Waals surface area contributed by atoms with Crippen molar-refractivity contribution in [2.24, 2.45) is 0 Å². The van der Waals surface area contributed by atoms with Crippen LogP contribution in [0.1, 0.15) is 11.3 Å². The number of carbonyl (C=O) groups excluding carboxylic acids is 2. The number of carbonyl (C=O) groups is 2. The van der Waals surface area contributed by atoms with Gasteiger partial charge in [0.15, 0.2) is 0 Å². The number of benzene rings is 2. The Morgan fingerprint density at radius 3 is 2.48 bits per heavy atom. The lowest BCUT2D eigenvalue weighted by Crippen LogP contribution is -2.42. The number of amides is 1. The maximum atomic E-state index is 13.1. The van der Waals surface area contributed by atoms with Gasteiger partial charge in [-0.2, -0.15) is 0 Å². The van der Waals surface area contributed by atoms with E-state index in [9.17, 15) is 9.59 Å². The summed E-state index contributed by atoms with van der Waals surface area (Å²) in [4.78, 5) is 26.1. The van der Waals surface area contributed by atoms with Gasteiger partial charge < -0.3 is 19.4 Å². The maximum Gasteiger partial charge on any atom is 0.270 e. The first-order valence-electron chi connectivity index (χ1n) is 9.56. The third-order valence-corrected chi connectivity index (χ3v) is 5.12. The van der Waals surface area contributed by atoms with Crippen LogP contribution in [0.25, 0.3) is 17.4 Å². The molecule has 3 rings (SSSR count). The predicted molar refractivity (Wildman–Crippen MR) is 127 cm³/mol. The Kier molecular flexibility index (Phi) is 7.76. The molecular weight excluding hydrogens is 432 g/mol. The summed E-state index contributed by atoms with van der Waals surface area (Å²) in [5, 5.41) is 3.41. The molecule has 7 heteroatoms. The third-order valence-electron chi connectivity index (χ3n) is 4.75.